The molecule has 0 spiro atoms. The SMILES string of the molecule is CCCC(CNC)N(C)Cc1nccn1C. The van der Waals surface area contributed by atoms with Crippen LogP contribution in [0, 0.1) is 0 Å². The number of nitrogens with zero attached hydrogens (tertiary/aromatic N) is 3. The molecule has 0 aromatic carbocycles. The van der Waals surface area contributed by atoms with E-state index in [-0.39, 0.29) is 0 Å². The largest absolute Gasteiger partial charge is 0.337 e. The molecule has 1 unspecified atom stereocenters. The van der Waals surface area contributed by atoms with E-state index in [4.69, 9.17) is 0 Å². The normalized spacial score (nSPS) is 13.3. The van der Waals surface area contributed by atoms with Crippen LogP contribution >= 0.6 is 0 Å². The highest BCUT2D eigenvalue weighted by Crippen LogP contribution is 2.08. The van der Waals surface area contributed by atoms with Crippen molar-refractivity contribution in [2.24, 2.45) is 7.05 Å². The third-order valence-corrected chi connectivity index (χ3v) is 3.00. The van der Waals surface area contributed by atoms with Crippen molar-refractivity contribution in [3.63, 3.8) is 0 Å². The molecule has 1 aromatic heterocycles. The molecule has 0 fully saturated rings. The zero-order chi connectivity index (χ0) is 12.0. The Morgan fingerprint density at radius 1 is 1.56 bits per heavy atom. The van der Waals surface area contributed by atoms with Gasteiger partial charge in [0.2, 0.25) is 0 Å². The summed E-state index contributed by atoms with van der Waals surface area (Å²) in [6.07, 6.45) is 6.30. The zero-order valence-corrected chi connectivity index (χ0v) is 10.9. The third kappa shape index (κ3) is 3.61. The molecule has 0 saturated carbocycles. The van der Waals surface area contributed by atoms with Crippen LogP contribution in [-0.2, 0) is 13.6 Å². The van der Waals surface area contributed by atoms with Gasteiger partial charge >= 0.3 is 0 Å². The quantitative estimate of drug-likeness (QED) is 0.756. The summed E-state index contributed by atoms with van der Waals surface area (Å²) in [7, 11) is 6.23. The first-order valence-corrected chi connectivity index (χ1v) is 6.00. The van der Waals surface area contributed by atoms with Crippen LogP contribution < -0.4 is 5.32 Å². The lowest BCUT2D eigenvalue weighted by atomic mass is 10.1. The highest BCUT2D eigenvalue weighted by molar-refractivity contribution is 4.91. The van der Waals surface area contributed by atoms with Crippen molar-refractivity contribution < 1.29 is 0 Å². The van der Waals surface area contributed by atoms with E-state index in [1.807, 2.05) is 26.5 Å². The van der Waals surface area contributed by atoms with Crippen LogP contribution in [0.25, 0.3) is 0 Å². The summed E-state index contributed by atoms with van der Waals surface area (Å²) in [6, 6.07) is 0.590. The van der Waals surface area contributed by atoms with Gasteiger partial charge in [-0.1, -0.05) is 13.3 Å². The Morgan fingerprint density at radius 3 is 2.81 bits per heavy atom. The summed E-state index contributed by atoms with van der Waals surface area (Å²) >= 11 is 0. The van der Waals surface area contributed by atoms with Gasteiger partial charge in [-0.2, -0.15) is 0 Å². The van der Waals surface area contributed by atoms with Gasteiger partial charge in [0.15, 0.2) is 0 Å². The second-order valence-corrected chi connectivity index (χ2v) is 4.37. The van der Waals surface area contributed by atoms with Gasteiger partial charge in [-0.15, -0.1) is 0 Å². The van der Waals surface area contributed by atoms with Crippen LogP contribution in [0.2, 0.25) is 0 Å². The number of imidazole rings is 1. The molecule has 0 amide bonds. The Bertz CT molecular complexity index is 289. The molecule has 0 radical (unpaired) electrons. The smallest absolute Gasteiger partial charge is 0.122 e. The maximum Gasteiger partial charge on any atom is 0.122 e. The van der Waals surface area contributed by atoms with Crippen LogP contribution in [0.1, 0.15) is 25.6 Å². The molecule has 1 rings (SSSR count). The average molecular weight is 224 g/mol. The van der Waals surface area contributed by atoms with E-state index in [0.717, 1.165) is 18.9 Å². The maximum absolute atomic E-state index is 4.36. The topological polar surface area (TPSA) is 33.1 Å². The molecule has 16 heavy (non-hydrogen) atoms. The number of aromatic nitrogens is 2. The highest BCUT2D eigenvalue weighted by atomic mass is 15.2. The van der Waals surface area contributed by atoms with Crippen molar-refractivity contribution in [1.29, 1.82) is 0 Å². The number of hydrogen-bond acceptors (Lipinski definition) is 3. The molecule has 1 N–H and O–H groups in total. The third-order valence-electron chi connectivity index (χ3n) is 3.00. The van der Waals surface area contributed by atoms with Gasteiger partial charge in [-0.05, 0) is 20.5 Å². The molecule has 1 aromatic rings. The molecule has 92 valence electrons. The van der Waals surface area contributed by atoms with Crippen molar-refractivity contribution in [2.75, 3.05) is 20.6 Å². The Hall–Kier alpha value is -0.870. The lowest BCUT2D eigenvalue weighted by Crippen LogP contribution is -2.39. The van der Waals surface area contributed by atoms with Crippen molar-refractivity contribution in [3.8, 4) is 0 Å². The van der Waals surface area contributed by atoms with E-state index in [9.17, 15) is 0 Å². The maximum atomic E-state index is 4.36. The summed E-state index contributed by atoms with van der Waals surface area (Å²) < 4.78 is 2.08. The molecule has 0 aliphatic rings. The van der Waals surface area contributed by atoms with Gasteiger partial charge < -0.3 is 9.88 Å². The molecule has 0 bridgehead atoms. The lowest BCUT2D eigenvalue weighted by Gasteiger charge is -2.27. The molecular weight excluding hydrogens is 200 g/mol. The Morgan fingerprint density at radius 2 is 2.31 bits per heavy atom. The lowest BCUT2D eigenvalue weighted by molar-refractivity contribution is 0.211. The Kier molecular flexibility index (Phi) is 5.49. The molecule has 1 heterocycles. The van der Waals surface area contributed by atoms with E-state index in [0.29, 0.717) is 6.04 Å². The monoisotopic (exact) mass is 224 g/mol. The summed E-state index contributed by atoms with van der Waals surface area (Å²) in [6.45, 7) is 4.18. The summed E-state index contributed by atoms with van der Waals surface area (Å²) in [4.78, 5) is 6.74. The molecule has 0 aliphatic carbocycles. The summed E-state index contributed by atoms with van der Waals surface area (Å²) in [5.74, 6) is 1.12. The summed E-state index contributed by atoms with van der Waals surface area (Å²) in [5, 5.41) is 3.26. The van der Waals surface area contributed by atoms with Crippen molar-refractivity contribution >= 4 is 0 Å². The molecule has 0 saturated heterocycles. The van der Waals surface area contributed by atoms with Crippen molar-refractivity contribution in [3.05, 3.63) is 18.2 Å². The van der Waals surface area contributed by atoms with Crippen LogP contribution in [-0.4, -0.2) is 41.1 Å². The number of aryl methyl sites for hydroxylation is 1. The van der Waals surface area contributed by atoms with Crippen molar-refractivity contribution in [1.82, 2.24) is 19.8 Å². The number of hydrogen-bond donors (Lipinski definition) is 1. The Labute approximate surface area is 98.7 Å². The molecule has 4 nitrogen and oxygen atoms in total. The van der Waals surface area contributed by atoms with Crippen LogP contribution in [0.3, 0.4) is 0 Å². The van der Waals surface area contributed by atoms with Gasteiger partial charge in [0, 0.05) is 32.0 Å². The average Bonchev–Trinajstić information content (AvgIpc) is 2.64. The van der Waals surface area contributed by atoms with Gasteiger partial charge in [0.25, 0.3) is 0 Å². The van der Waals surface area contributed by atoms with Gasteiger partial charge in [0.1, 0.15) is 5.82 Å². The second-order valence-electron chi connectivity index (χ2n) is 4.37. The molecule has 0 aliphatic heterocycles. The second kappa shape index (κ2) is 6.66. The fraction of sp³-hybridized carbons (Fsp3) is 0.750. The fourth-order valence-electron chi connectivity index (χ4n) is 1.95. The number of rotatable bonds is 7. The fourth-order valence-corrected chi connectivity index (χ4v) is 1.95. The zero-order valence-electron chi connectivity index (χ0n) is 10.9. The minimum atomic E-state index is 0.590. The number of likely N-dealkylation sites (N-methyl/N-ethyl adjacent to an activating group) is 2. The van der Waals surface area contributed by atoms with Gasteiger partial charge in [-0.25, -0.2) is 4.98 Å². The summed E-state index contributed by atoms with van der Waals surface area (Å²) in [5.41, 5.74) is 0. The molecule has 1 atom stereocenters. The first-order valence-electron chi connectivity index (χ1n) is 6.00. The Balaban J connectivity index is 2.54. The van der Waals surface area contributed by atoms with Crippen molar-refractivity contribution in [2.45, 2.75) is 32.4 Å². The van der Waals surface area contributed by atoms with E-state index in [2.05, 4.69) is 33.7 Å². The predicted octanol–water partition coefficient (Wildman–Crippen LogP) is 1.24. The first kappa shape index (κ1) is 13.2. The highest BCUT2D eigenvalue weighted by Gasteiger charge is 2.14. The number of nitrogens with one attached hydrogen (secondary N) is 1. The molecular formula is C12H24N4. The predicted molar refractivity (Wildman–Crippen MR) is 67.3 cm³/mol. The van der Waals surface area contributed by atoms with Crippen LogP contribution in [0.15, 0.2) is 12.4 Å². The van der Waals surface area contributed by atoms with Crippen LogP contribution in [0.5, 0.6) is 0 Å². The minimum Gasteiger partial charge on any atom is -0.337 e. The van der Waals surface area contributed by atoms with E-state index >= 15 is 0 Å². The van der Waals surface area contributed by atoms with Gasteiger partial charge in [0.05, 0.1) is 6.54 Å². The van der Waals surface area contributed by atoms with E-state index < -0.39 is 0 Å². The minimum absolute atomic E-state index is 0.590. The van der Waals surface area contributed by atoms with E-state index in [1.165, 1.54) is 12.8 Å². The van der Waals surface area contributed by atoms with Crippen LogP contribution in [0.4, 0.5) is 0 Å². The van der Waals surface area contributed by atoms with E-state index in [1.54, 1.807) is 0 Å². The first-order chi connectivity index (χ1) is 7.69. The molecule has 4 heteroatoms. The standard InChI is InChI=1S/C12H24N4/c1-5-6-11(9-13-2)16(4)10-12-14-7-8-15(12)3/h7-8,11,13H,5-6,9-10H2,1-4H3. The van der Waals surface area contributed by atoms with Gasteiger partial charge in [-0.3, -0.25) is 4.90 Å².